The van der Waals surface area contributed by atoms with Gasteiger partial charge in [-0.15, -0.1) is 0 Å². The maximum atomic E-state index is 12.2. The van der Waals surface area contributed by atoms with E-state index in [1.165, 1.54) is 18.5 Å². The highest BCUT2D eigenvalue weighted by Gasteiger charge is 2.20. The van der Waals surface area contributed by atoms with Crippen molar-refractivity contribution >= 4 is 16.0 Å². The zero-order valence-corrected chi connectivity index (χ0v) is 12.9. The molecule has 6 nitrogen and oxygen atoms in total. The Balaban J connectivity index is 2.68. The molecule has 1 aromatic rings. The molecular weight excluding hydrogens is 292 g/mol. The summed E-state index contributed by atoms with van der Waals surface area (Å²) in [5, 5.41) is 8.97. The quantitative estimate of drug-likeness (QED) is 0.708. The highest BCUT2D eigenvalue weighted by atomic mass is 32.2. The standard InChI is InChI=1S/C14H18N2O4S/c1-16(9-5-8-14(17)20-2)21(18,19)11-13-7-4-3-6-12(13)10-15/h3-4,6-7H,5,8-9,11H2,1-2H3. The number of carbonyl (C=O) groups is 1. The molecule has 0 unspecified atom stereocenters. The number of carbonyl (C=O) groups excluding carboxylic acids is 1. The molecule has 0 amide bonds. The number of ether oxygens (including phenoxy) is 1. The van der Waals surface area contributed by atoms with E-state index in [4.69, 9.17) is 5.26 Å². The molecule has 0 heterocycles. The van der Waals surface area contributed by atoms with Gasteiger partial charge in [-0.05, 0) is 18.1 Å². The summed E-state index contributed by atoms with van der Waals surface area (Å²) in [6, 6.07) is 8.57. The van der Waals surface area contributed by atoms with Gasteiger partial charge >= 0.3 is 5.97 Å². The number of sulfonamides is 1. The second-order valence-corrected chi connectivity index (χ2v) is 6.60. The maximum Gasteiger partial charge on any atom is 0.305 e. The third-order valence-corrected chi connectivity index (χ3v) is 4.84. The molecule has 1 aromatic carbocycles. The predicted octanol–water partition coefficient (Wildman–Crippen LogP) is 1.27. The molecular formula is C14H18N2O4S. The lowest BCUT2D eigenvalue weighted by Crippen LogP contribution is -2.29. The Morgan fingerprint density at radius 2 is 2.05 bits per heavy atom. The molecule has 0 bridgehead atoms. The summed E-state index contributed by atoms with van der Waals surface area (Å²) in [4.78, 5) is 11.0. The molecule has 0 spiro atoms. The molecule has 0 aliphatic rings. The zero-order valence-electron chi connectivity index (χ0n) is 12.1. The van der Waals surface area contributed by atoms with Crippen molar-refractivity contribution in [3.05, 3.63) is 35.4 Å². The second kappa shape index (κ2) is 7.76. The van der Waals surface area contributed by atoms with Crippen LogP contribution in [0.5, 0.6) is 0 Å². The van der Waals surface area contributed by atoms with Crippen molar-refractivity contribution in [3.63, 3.8) is 0 Å². The van der Waals surface area contributed by atoms with E-state index in [0.717, 1.165) is 0 Å². The molecule has 0 atom stereocenters. The first-order valence-corrected chi connectivity index (χ1v) is 8.00. The van der Waals surface area contributed by atoms with Gasteiger partial charge in [0.05, 0.1) is 24.5 Å². The average molecular weight is 310 g/mol. The number of hydrogen-bond acceptors (Lipinski definition) is 5. The molecule has 0 N–H and O–H groups in total. The van der Waals surface area contributed by atoms with Crippen molar-refractivity contribution in [2.24, 2.45) is 0 Å². The molecule has 0 saturated heterocycles. The van der Waals surface area contributed by atoms with Crippen LogP contribution >= 0.6 is 0 Å². The molecule has 1 rings (SSSR count). The molecule has 114 valence electrons. The minimum Gasteiger partial charge on any atom is -0.469 e. The van der Waals surface area contributed by atoms with E-state index in [-0.39, 0.29) is 24.7 Å². The monoisotopic (exact) mass is 310 g/mol. The van der Waals surface area contributed by atoms with Gasteiger partial charge in [0.25, 0.3) is 0 Å². The van der Waals surface area contributed by atoms with E-state index in [2.05, 4.69) is 4.74 Å². The maximum absolute atomic E-state index is 12.2. The van der Waals surface area contributed by atoms with Gasteiger partial charge in [0.1, 0.15) is 0 Å². The Kier molecular flexibility index (Phi) is 6.34. The van der Waals surface area contributed by atoms with E-state index in [1.54, 1.807) is 24.3 Å². The fourth-order valence-electron chi connectivity index (χ4n) is 1.75. The van der Waals surface area contributed by atoms with E-state index in [0.29, 0.717) is 17.5 Å². The Bertz CT molecular complexity index is 635. The van der Waals surface area contributed by atoms with Crippen LogP contribution in [0, 0.1) is 11.3 Å². The first-order chi connectivity index (χ1) is 9.90. The van der Waals surface area contributed by atoms with Gasteiger partial charge in [-0.2, -0.15) is 5.26 Å². The number of nitrogens with zero attached hydrogens (tertiary/aromatic N) is 2. The lowest BCUT2D eigenvalue weighted by molar-refractivity contribution is -0.140. The van der Waals surface area contributed by atoms with Crippen LogP contribution in [0.15, 0.2) is 24.3 Å². The lowest BCUT2D eigenvalue weighted by atomic mass is 10.1. The highest BCUT2D eigenvalue weighted by Crippen LogP contribution is 2.14. The van der Waals surface area contributed by atoms with Gasteiger partial charge in [-0.25, -0.2) is 12.7 Å². The Morgan fingerprint density at radius 1 is 1.38 bits per heavy atom. The number of benzene rings is 1. The number of hydrogen-bond donors (Lipinski definition) is 0. The predicted molar refractivity (Wildman–Crippen MR) is 77.7 cm³/mol. The minimum absolute atomic E-state index is 0.172. The van der Waals surface area contributed by atoms with Crippen LogP contribution in [-0.4, -0.2) is 39.4 Å². The van der Waals surface area contributed by atoms with E-state index in [1.807, 2.05) is 6.07 Å². The van der Waals surface area contributed by atoms with Gasteiger partial charge in [-0.3, -0.25) is 4.79 Å². The van der Waals surface area contributed by atoms with Gasteiger partial charge in [-0.1, -0.05) is 18.2 Å². The molecule has 0 aromatic heterocycles. The van der Waals surface area contributed by atoms with E-state index >= 15 is 0 Å². The van der Waals surface area contributed by atoms with Crippen molar-refractivity contribution in [2.45, 2.75) is 18.6 Å². The third kappa shape index (κ3) is 5.17. The largest absolute Gasteiger partial charge is 0.469 e. The van der Waals surface area contributed by atoms with Crippen molar-refractivity contribution in [2.75, 3.05) is 20.7 Å². The zero-order chi connectivity index (χ0) is 15.9. The summed E-state index contributed by atoms with van der Waals surface area (Å²) < 4.78 is 30.1. The molecule has 0 aliphatic heterocycles. The summed E-state index contributed by atoms with van der Waals surface area (Å²) in [7, 11) is -0.767. The Morgan fingerprint density at radius 3 is 2.67 bits per heavy atom. The van der Waals surface area contributed by atoms with Crippen LogP contribution in [0.4, 0.5) is 0 Å². The Labute approximate surface area is 125 Å². The number of rotatable bonds is 7. The first-order valence-electron chi connectivity index (χ1n) is 6.39. The molecule has 7 heteroatoms. The lowest BCUT2D eigenvalue weighted by Gasteiger charge is -2.17. The van der Waals surface area contributed by atoms with Gasteiger partial charge in [0.15, 0.2) is 0 Å². The smallest absolute Gasteiger partial charge is 0.305 e. The Hall–Kier alpha value is -1.91. The van der Waals surface area contributed by atoms with Gasteiger partial charge < -0.3 is 4.74 Å². The fraction of sp³-hybridized carbons (Fsp3) is 0.429. The third-order valence-electron chi connectivity index (χ3n) is 3.03. The van der Waals surface area contributed by atoms with Crippen LogP contribution in [-0.2, 0) is 25.3 Å². The van der Waals surface area contributed by atoms with Crippen molar-refractivity contribution in [1.29, 1.82) is 5.26 Å². The normalized spacial score (nSPS) is 11.1. The van der Waals surface area contributed by atoms with E-state index in [9.17, 15) is 13.2 Å². The summed E-state index contributed by atoms with van der Waals surface area (Å²) in [6.07, 6.45) is 0.563. The summed E-state index contributed by atoms with van der Waals surface area (Å²) in [6.45, 7) is 0.228. The average Bonchev–Trinajstić information content (AvgIpc) is 2.47. The first kappa shape index (κ1) is 17.1. The van der Waals surface area contributed by atoms with Gasteiger partial charge in [0, 0.05) is 20.0 Å². The minimum atomic E-state index is -3.52. The topological polar surface area (TPSA) is 87.5 Å². The van der Waals surface area contributed by atoms with E-state index < -0.39 is 10.0 Å². The van der Waals surface area contributed by atoms with Crippen LogP contribution in [0.3, 0.4) is 0 Å². The SMILES string of the molecule is COC(=O)CCCN(C)S(=O)(=O)Cc1ccccc1C#N. The van der Waals surface area contributed by atoms with Crippen molar-refractivity contribution < 1.29 is 17.9 Å². The molecule has 0 aliphatic carbocycles. The van der Waals surface area contributed by atoms with Crippen LogP contribution < -0.4 is 0 Å². The molecule has 21 heavy (non-hydrogen) atoms. The molecule has 0 radical (unpaired) electrons. The molecule has 0 fully saturated rings. The highest BCUT2D eigenvalue weighted by molar-refractivity contribution is 7.88. The van der Waals surface area contributed by atoms with Gasteiger partial charge in [0.2, 0.25) is 10.0 Å². The number of methoxy groups -OCH3 is 1. The summed E-state index contributed by atoms with van der Waals surface area (Å²) in [5.41, 5.74) is 0.823. The summed E-state index contributed by atoms with van der Waals surface area (Å²) in [5.74, 6) is -0.596. The van der Waals surface area contributed by atoms with Crippen LogP contribution in [0.2, 0.25) is 0 Å². The number of nitriles is 1. The molecule has 0 saturated carbocycles. The number of esters is 1. The second-order valence-electron chi connectivity index (χ2n) is 4.53. The summed E-state index contributed by atoms with van der Waals surface area (Å²) >= 11 is 0. The van der Waals surface area contributed by atoms with Crippen LogP contribution in [0.1, 0.15) is 24.0 Å². The van der Waals surface area contributed by atoms with Crippen molar-refractivity contribution in [1.82, 2.24) is 4.31 Å². The van der Waals surface area contributed by atoms with Crippen molar-refractivity contribution in [3.8, 4) is 6.07 Å². The van der Waals surface area contributed by atoms with Crippen LogP contribution in [0.25, 0.3) is 0 Å². The fourth-order valence-corrected chi connectivity index (χ4v) is 3.02.